The fraction of sp³-hybridized carbons (Fsp3) is 0.545. The van der Waals surface area contributed by atoms with Gasteiger partial charge in [0.15, 0.2) is 0 Å². The van der Waals surface area contributed by atoms with Crippen LogP contribution in [0.5, 0.6) is 0 Å². The number of nitrogens with one attached hydrogen (secondary N) is 1. The molecule has 0 aliphatic rings. The predicted molar refractivity (Wildman–Crippen MR) is 59.2 cm³/mol. The zero-order chi connectivity index (χ0) is 10.6. The molecule has 0 saturated carbocycles. The first-order chi connectivity index (χ1) is 6.65. The van der Waals surface area contributed by atoms with E-state index < -0.39 is 0 Å². The maximum absolute atomic E-state index is 4.44. The van der Waals surface area contributed by atoms with Gasteiger partial charge in [-0.05, 0) is 5.92 Å². The molecule has 0 radical (unpaired) electrons. The highest BCUT2D eigenvalue weighted by Gasteiger charge is 2.10. The number of hydrogen-bond donors (Lipinski definition) is 1. The van der Waals surface area contributed by atoms with Gasteiger partial charge >= 0.3 is 0 Å². The first kappa shape index (κ1) is 11.0. The van der Waals surface area contributed by atoms with Crippen LogP contribution in [0.2, 0.25) is 0 Å². The Bertz CT molecular complexity index is 299. The Hall–Kier alpha value is -1.09. The van der Waals surface area contributed by atoms with E-state index in [0.717, 1.165) is 13.1 Å². The molecule has 0 atom stereocenters. The van der Waals surface area contributed by atoms with Gasteiger partial charge in [0.25, 0.3) is 0 Å². The van der Waals surface area contributed by atoms with Crippen LogP contribution in [-0.4, -0.2) is 16.3 Å². The smallest absolute Gasteiger partial charge is 0.0694 e. The Labute approximate surface area is 85.8 Å². The normalized spacial score (nSPS) is 10.9. The first-order valence-electron chi connectivity index (χ1n) is 4.99. The van der Waals surface area contributed by atoms with Gasteiger partial charge in [0, 0.05) is 31.9 Å². The fourth-order valence-electron chi connectivity index (χ4n) is 1.49. The van der Waals surface area contributed by atoms with E-state index in [1.165, 1.54) is 11.3 Å². The quantitative estimate of drug-likeness (QED) is 0.571. The molecule has 0 amide bonds. The summed E-state index contributed by atoms with van der Waals surface area (Å²) in [4.78, 5) is 0. The van der Waals surface area contributed by atoms with E-state index in [4.69, 9.17) is 0 Å². The zero-order valence-electron chi connectivity index (χ0n) is 9.25. The summed E-state index contributed by atoms with van der Waals surface area (Å²) in [7, 11) is 1.96. The molecule has 1 N–H and O–H groups in total. The minimum atomic E-state index is 0.483. The molecule has 0 fully saturated rings. The molecular formula is C11H19N3. The highest BCUT2D eigenvalue weighted by Crippen LogP contribution is 2.16. The van der Waals surface area contributed by atoms with Crippen molar-refractivity contribution in [3.8, 4) is 0 Å². The summed E-state index contributed by atoms with van der Waals surface area (Å²) in [6.45, 7) is 9.71. The molecule has 1 aromatic rings. The van der Waals surface area contributed by atoms with Crippen LogP contribution >= 0.6 is 0 Å². The summed E-state index contributed by atoms with van der Waals surface area (Å²) in [6, 6.07) is 0. The lowest BCUT2D eigenvalue weighted by Crippen LogP contribution is -2.13. The second-order valence-corrected chi connectivity index (χ2v) is 3.79. The van der Waals surface area contributed by atoms with Crippen LogP contribution < -0.4 is 5.32 Å². The number of rotatable bonds is 5. The number of nitrogens with zero attached hydrogens (tertiary/aromatic N) is 2. The lowest BCUT2D eigenvalue weighted by atomic mass is 10.1. The van der Waals surface area contributed by atoms with Crippen molar-refractivity contribution in [2.24, 2.45) is 7.05 Å². The number of aromatic nitrogens is 2. The molecule has 0 spiro atoms. The van der Waals surface area contributed by atoms with E-state index in [2.05, 4.69) is 37.0 Å². The topological polar surface area (TPSA) is 29.9 Å². The van der Waals surface area contributed by atoms with E-state index in [9.17, 15) is 0 Å². The second-order valence-electron chi connectivity index (χ2n) is 3.79. The number of aryl methyl sites for hydroxylation is 1. The lowest BCUT2D eigenvalue weighted by Gasteiger charge is -2.04. The van der Waals surface area contributed by atoms with Crippen molar-refractivity contribution in [1.29, 1.82) is 0 Å². The van der Waals surface area contributed by atoms with Gasteiger partial charge in [-0.25, -0.2) is 0 Å². The Kier molecular flexibility index (Phi) is 3.89. The van der Waals surface area contributed by atoms with Crippen molar-refractivity contribution in [3.63, 3.8) is 0 Å². The Balaban J connectivity index is 2.69. The van der Waals surface area contributed by atoms with E-state index in [1.54, 1.807) is 0 Å². The lowest BCUT2D eigenvalue weighted by molar-refractivity contribution is 0.706. The zero-order valence-corrected chi connectivity index (χ0v) is 9.25. The van der Waals surface area contributed by atoms with Gasteiger partial charge in [0.05, 0.1) is 5.69 Å². The van der Waals surface area contributed by atoms with Crippen molar-refractivity contribution in [2.75, 3.05) is 6.54 Å². The molecule has 0 saturated heterocycles. The van der Waals surface area contributed by atoms with Gasteiger partial charge in [-0.2, -0.15) is 5.10 Å². The highest BCUT2D eigenvalue weighted by molar-refractivity contribution is 5.19. The molecule has 0 aliphatic carbocycles. The standard InChI is InChI=1S/C11H19N3/c1-5-6-12-7-10-8-14(4)13-11(10)9(2)3/h5,8-9,12H,1,6-7H2,2-4H3. The van der Waals surface area contributed by atoms with Crippen LogP contribution in [-0.2, 0) is 13.6 Å². The van der Waals surface area contributed by atoms with Crippen LogP contribution in [0.1, 0.15) is 31.0 Å². The van der Waals surface area contributed by atoms with E-state index in [-0.39, 0.29) is 0 Å². The molecule has 0 aliphatic heterocycles. The molecule has 0 unspecified atom stereocenters. The molecule has 1 aromatic heterocycles. The van der Waals surface area contributed by atoms with Crippen LogP contribution in [0.15, 0.2) is 18.9 Å². The molecule has 3 heteroatoms. The fourth-order valence-corrected chi connectivity index (χ4v) is 1.49. The second kappa shape index (κ2) is 4.96. The summed E-state index contributed by atoms with van der Waals surface area (Å²) in [6.07, 6.45) is 3.94. The molecule has 1 rings (SSSR count). The molecule has 0 aromatic carbocycles. The highest BCUT2D eigenvalue weighted by atomic mass is 15.3. The van der Waals surface area contributed by atoms with E-state index >= 15 is 0 Å². The molecular weight excluding hydrogens is 174 g/mol. The largest absolute Gasteiger partial charge is 0.309 e. The first-order valence-corrected chi connectivity index (χ1v) is 4.99. The summed E-state index contributed by atoms with van der Waals surface area (Å²) in [5.74, 6) is 0.483. The summed E-state index contributed by atoms with van der Waals surface area (Å²) in [5.41, 5.74) is 2.47. The average Bonchev–Trinajstić information content (AvgIpc) is 2.47. The van der Waals surface area contributed by atoms with Gasteiger partial charge in [0.1, 0.15) is 0 Å². The number of hydrogen-bond acceptors (Lipinski definition) is 2. The Morgan fingerprint density at radius 2 is 2.36 bits per heavy atom. The SMILES string of the molecule is C=CCNCc1cn(C)nc1C(C)C. The third kappa shape index (κ3) is 2.70. The Morgan fingerprint density at radius 3 is 2.93 bits per heavy atom. The molecule has 78 valence electrons. The summed E-state index contributed by atoms with van der Waals surface area (Å²) in [5, 5.41) is 7.73. The van der Waals surface area contributed by atoms with Crippen LogP contribution in [0.25, 0.3) is 0 Å². The van der Waals surface area contributed by atoms with Crippen LogP contribution in [0.4, 0.5) is 0 Å². The van der Waals surface area contributed by atoms with Crippen molar-refractivity contribution < 1.29 is 0 Å². The summed E-state index contributed by atoms with van der Waals surface area (Å²) >= 11 is 0. The van der Waals surface area contributed by atoms with Crippen molar-refractivity contribution in [2.45, 2.75) is 26.3 Å². The monoisotopic (exact) mass is 193 g/mol. The van der Waals surface area contributed by atoms with Gasteiger partial charge in [0.2, 0.25) is 0 Å². The maximum Gasteiger partial charge on any atom is 0.0694 e. The third-order valence-corrected chi connectivity index (χ3v) is 2.09. The molecule has 14 heavy (non-hydrogen) atoms. The van der Waals surface area contributed by atoms with Crippen LogP contribution in [0.3, 0.4) is 0 Å². The van der Waals surface area contributed by atoms with Gasteiger partial charge in [-0.1, -0.05) is 19.9 Å². The van der Waals surface area contributed by atoms with Crippen molar-refractivity contribution in [1.82, 2.24) is 15.1 Å². The maximum atomic E-state index is 4.44. The minimum Gasteiger partial charge on any atom is -0.309 e. The van der Waals surface area contributed by atoms with Crippen molar-refractivity contribution >= 4 is 0 Å². The average molecular weight is 193 g/mol. The van der Waals surface area contributed by atoms with Gasteiger partial charge in [-0.3, -0.25) is 4.68 Å². The summed E-state index contributed by atoms with van der Waals surface area (Å²) < 4.78 is 1.88. The minimum absolute atomic E-state index is 0.483. The van der Waals surface area contributed by atoms with E-state index in [0.29, 0.717) is 5.92 Å². The molecule has 1 heterocycles. The van der Waals surface area contributed by atoms with E-state index in [1.807, 2.05) is 17.8 Å². The van der Waals surface area contributed by atoms with Crippen LogP contribution in [0, 0.1) is 0 Å². The molecule has 3 nitrogen and oxygen atoms in total. The Morgan fingerprint density at radius 1 is 1.64 bits per heavy atom. The van der Waals surface area contributed by atoms with Gasteiger partial charge in [-0.15, -0.1) is 6.58 Å². The van der Waals surface area contributed by atoms with Gasteiger partial charge < -0.3 is 5.32 Å². The molecule has 0 bridgehead atoms. The van der Waals surface area contributed by atoms with Crippen molar-refractivity contribution in [3.05, 3.63) is 30.1 Å². The predicted octanol–water partition coefficient (Wildman–Crippen LogP) is 1.82. The third-order valence-electron chi connectivity index (χ3n) is 2.09.